The highest BCUT2D eigenvalue weighted by atomic mass is 32.2. The van der Waals surface area contributed by atoms with Gasteiger partial charge in [-0.1, -0.05) is 17.7 Å². The van der Waals surface area contributed by atoms with E-state index in [1.807, 2.05) is 11.8 Å². The zero-order chi connectivity index (χ0) is 20.1. The lowest BCUT2D eigenvalue weighted by Gasteiger charge is -2.27. The van der Waals surface area contributed by atoms with Crippen LogP contribution in [0.3, 0.4) is 0 Å². The molecule has 2 aliphatic heterocycles. The summed E-state index contributed by atoms with van der Waals surface area (Å²) in [5.41, 5.74) is 0.994. The average Bonchev–Trinajstić information content (AvgIpc) is 3.36. The third-order valence-corrected chi connectivity index (χ3v) is 6.94. The fraction of sp³-hybridized carbons (Fsp3) is 0.600. The van der Waals surface area contributed by atoms with Crippen LogP contribution >= 0.6 is 0 Å². The van der Waals surface area contributed by atoms with E-state index in [-0.39, 0.29) is 35.7 Å². The summed E-state index contributed by atoms with van der Waals surface area (Å²) < 4.78 is 27.1. The molecule has 2 fully saturated rings. The van der Waals surface area contributed by atoms with Crippen molar-refractivity contribution in [1.29, 1.82) is 0 Å². The van der Waals surface area contributed by atoms with Crippen molar-refractivity contribution in [2.24, 2.45) is 0 Å². The van der Waals surface area contributed by atoms with E-state index in [2.05, 4.69) is 4.72 Å². The van der Waals surface area contributed by atoms with Crippen molar-refractivity contribution in [3.63, 3.8) is 0 Å². The Kier molecular flexibility index (Phi) is 6.72. The van der Waals surface area contributed by atoms with Crippen molar-refractivity contribution in [1.82, 2.24) is 14.5 Å². The van der Waals surface area contributed by atoms with Crippen LogP contribution in [0.5, 0.6) is 0 Å². The van der Waals surface area contributed by atoms with Gasteiger partial charge in [0, 0.05) is 32.6 Å². The maximum absolute atomic E-state index is 12.6. The molecule has 0 aromatic heterocycles. The molecule has 2 aliphatic rings. The van der Waals surface area contributed by atoms with Crippen LogP contribution in [0.1, 0.15) is 44.1 Å². The van der Waals surface area contributed by atoms with Crippen LogP contribution < -0.4 is 4.72 Å². The molecule has 2 saturated heterocycles. The second kappa shape index (κ2) is 9.05. The van der Waals surface area contributed by atoms with E-state index in [1.165, 1.54) is 0 Å². The Hall–Kier alpha value is -1.93. The molecule has 0 unspecified atom stereocenters. The number of nitrogens with one attached hydrogen (secondary N) is 1. The lowest BCUT2D eigenvalue weighted by atomic mass is 10.2. The fourth-order valence-electron chi connectivity index (χ4n) is 3.86. The molecule has 28 heavy (non-hydrogen) atoms. The maximum atomic E-state index is 12.6. The van der Waals surface area contributed by atoms with E-state index in [0.29, 0.717) is 13.0 Å². The van der Waals surface area contributed by atoms with Gasteiger partial charge in [-0.05, 0) is 51.2 Å². The first-order chi connectivity index (χ1) is 13.4. The van der Waals surface area contributed by atoms with Crippen LogP contribution in [0.25, 0.3) is 0 Å². The highest BCUT2D eigenvalue weighted by Gasteiger charge is 2.36. The summed E-state index contributed by atoms with van der Waals surface area (Å²) in [4.78, 5) is 29.0. The maximum Gasteiger partial charge on any atom is 0.245 e. The minimum atomic E-state index is -3.56. The zero-order valence-electron chi connectivity index (χ0n) is 16.4. The second-order valence-corrected chi connectivity index (χ2v) is 9.36. The molecule has 1 aromatic rings. The molecule has 154 valence electrons. The van der Waals surface area contributed by atoms with Crippen LogP contribution in [0.15, 0.2) is 29.2 Å². The van der Waals surface area contributed by atoms with E-state index >= 15 is 0 Å². The molecule has 7 nitrogen and oxygen atoms in total. The van der Waals surface area contributed by atoms with Crippen LogP contribution in [-0.2, 0) is 19.6 Å². The van der Waals surface area contributed by atoms with Crippen molar-refractivity contribution >= 4 is 21.8 Å². The molecule has 1 atom stereocenters. The predicted octanol–water partition coefficient (Wildman–Crippen LogP) is 1.67. The van der Waals surface area contributed by atoms with Gasteiger partial charge in [0.15, 0.2) is 0 Å². The average molecular weight is 408 g/mol. The molecule has 0 aliphatic carbocycles. The van der Waals surface area contributed by atoms with Gasteiger partial charge in [0.25, 0.3) is 0 Å². The van der Waals surface area contributed by atoms with E-state index in [9.17, 15) is 18.0 Å². The van der Waals surface area contributed by atoms with Gasteiger partial charge in [-0.2, -0.15) is 0 Å². The molecule has 0 saturated carbocycles. The summed E-state index contributed by atoms with van der Waals surface area (Å²) in [7, 11) is -3.56. The van der Waals surface area contributed by atoms with Gasteiger partial charge in [-0.25, -0.2) is 13.1 Å². The van der Waals surface area contributed by atoms with Crippen LogP contribution in [0.2, 0.25) is 0 Å². The normalized spacial score (nSPS) is 20.0. The Bertz CT molecular complexity index is 801. The number of carbonyl (C=O) groups is 2. The van der Waals surface area contributed by atoms with Gasteiger partial charge in [-0.15, -0.1) is 0 Å². The number of aryl methyl sites for hydroxylation is 1. The van der Waals surface area contributed by atoms with Crippen LogP contribution in [-0.4, -0.2) is 62.3 Å². The third kappa shape index (κ3) is 4.91. The molecular formula is C20H29N3O4S. The number of carbonyl (C=O) groups excluding carboxylic acids is 2. The standard InChI is InChI=1S/C20H29N3O4S/c1-16-8-10-17(11-9-16)28(26,27)21-12-4-7-19(24)23-15-5-6-18(23)20(25)22-13-2-3-14-22/h8-11,18,21H,2-7,12-15H2,1H3/t18-/m0/s1. The van der Waals surface area contributed by atoms with Gasteiger partial charge < -0.3 is 9.80 Å². The van der Waals surface area contributed by atoms with Crippen LogP contribution in [0.4, 0.5) is 0 Å². The zero-order valence-corrected chi connectivity index (χ0v) is 17.2. The predicted molar refractivity (Wildman–Crippen MR) is 106 cm³/mol. The van der Waals surface area contributed by atoms with E-state index < -0.39 is 10.0 Å². The van der Waals surface area contributed by atoms with Gasteiger partial charge >= 0.3 is 0 Å². The van der Waals surface area contributed by atoms with Crippen molar-refractivity contribution in [2.75, 3.05) is 26.2 Å². The van der Waals surface area contributed by atoms with Crippen molar-refractivity contribution in [3.05, 3.63) is 29.8 Å². The molecule has 0 spiro atoms. The molecule has 2 amide bonds. The summed E-state index contributed by atoms with van der Waals surface area (Å²) >= 11 is 0. The Balaban J connectivity index is 1.47. The van der Waals surface area contributed by atoms with Gasteiger partial charge in [0.2, 0.25) is 21.8 Å². The summed E-state index contributed by atoms with van der Waals surface area (Å²) in [6, 6.07) is 6.31. The number of likely N-dealkylation sites (tertiary alicyclic amines) is 2. The van der Waals surface area contributed by atoms with Crippen molar-refractivity contribution in [3.8, 4) is 0 Å². The number of hydrogen-bond acceptors (Lipinski definition) is 4. The van der Waals surface area contributed by atoms with Crippen molar-refractivity contribution in [2.45, 2.75) is 56.4 Å². The van der Waals surface area contributed by atoms with E-state index in [4.69, 9.17) is 0 Å². The summed E-state index contributed by atoms with van der Waals surface area (Å²) in [6.07, 6.45) is 4.28. The largest absolute Gasteiger partial charge is 0.341 e. The number of amides is 2. The van der Waals surface area contributed by atoms with E-state index in [1.54, 1.807) is 29.2 Å². The quantitative estimate of drug-likeness (QED) is 0.697. The number of nitrogens with zero attached hydrogens (tertiary/aromatic N) is 2. The van der Waals surface area contributed by atoms with Crippen LogP contribution in [0, 0.1) is 6.92 Å². The lowest BCUT2D eigenvalue weighted by Crippen LogP contribution is -2.47. The first-order valence-electron chi connectivity index (χ1n) is 10.0. The second-order valence-electron chi connectivity index (χ2n) is 7.59. The molecule has 1 aromatic carbocycles. The van der Waals surface area contributed by atoms with Gasteiger partial charge in [0.05, 0.1) is 4.90 Å². The van der Waals surface area contributed by atoms with Gasteiger partial charge in [0.1, 0.15) is 6.04 Å². The summed E-state index contributed by atoms with van der Waals surface area (Å²) in [5.74, 6) is 0.00741. The Morgan fingerprint density at radius 3 is 2.43 bits per heavy atom. The molecule has 0 bridgehead atoms. The summed E-state index contributed by atoms with van der Waals surface area (Å²) in [6.45, 7) is 4.28. The number of sulfonamides is 1. The Morgan fingerprint density at radius 2 is 1.75 bits per heavy atom. The van der Waals surface area contributed by atoms with E-state index in [0.717, 1.165) is 44.3 Å². The topological polar surface area (TPSA) is 86.8 Å². The highest BCUT2D eigenvalue weighted by molar-refractivity contribution is 7.89. The number of hydrogen-bond donors (Lipinski definition) is 1. The smallest absolute Gasteiger partial charge is 0.245 e. The first-order valence-corrected chi connectivity index (χ1v) is 11.5. The molecular weight excluding hydrogens is 378 g/mol. The lowest BCUT2D eigenvalue weighted by molar-refractivity contribution is -0.143. The molecule has 1 N–H and O–H groups in total. The third-order valence-electron chi connectivity index (χ3n) is 5.47. The molecule has 8 heteroatoms. The SMILES string of the molecule is Cc1ccc(S(=O)(=O)NCCCC(=O)N2CCC[C@H]2C(=O)N2CCCC2)cc1. The number of benzene rings is 1. The first kappa shape index (κ1) is 20.8. The minimum absolute atomic E-state index is 0.0652. The number of rotatable bonds is 7. The Morgan fingerprint density at radius 1 is 1.07 bits per heavy atom. The van der Waals surface area contributed by atoms with Gasteiger partial charge in [-0.3, -0.25) is 9.59 Å². The molecule has 2 heterocycles. The summed E-state index contributed by atoms with van der Waals surface area (Å²) in [5, 5.41) is 0. The molecule has 0 radical (unpaired) electrons. The Labute approximate surface area is 167 Å². The minimum Gasteiger partial charge on any atom is -0.341 e. The fourth-order valence-corrected chi connectivity index (χ4v) is 4.93. The van der Waals surface area contributed by atoms with Crippen molar-refractivity contribution < 1.29 is 18.0 Å². The highest BCUT2D eigenvalue weighted by Crippen LogP contribution is 2.22. The molecule has 3 rings (SSSR count). The monoisotopic (exact) mass is 407 g/mol.